The monoisotopic (exact) mass is 259 g/mol. The van der Waals surface area contributed by atoms with Gasteiger partial charge in [-0.1, -0.05) is 12.1 Å². The molecule has 1 aliphatic heterocycles. The molecule has 0 amide bonds. The van der Waals surface area contributed by atoms with E-state index in [0.717, 1.165) is 44.9 Å². The minimum absolute atomic E-state index is 0.491. The number of piperazine rings is 1. The quantitative estimate of drug-likeness (QED) is 0.804. The molecule has 0 atom stereocenters. The number of nitriles is 1. The topological polar surface area (TPSA) is 39.5 Å². The summed E-state index contributed by atoms with van der Waals surface area (Å²) >= 11 is 0. The van der Waals surface area contributed by atoms with E-state index in [9.17, 15) is 0 Å². The second-order valence-electron chi connectivity index (χ2n) is 4.82. The summed E-state index contributed by atoms with van der Waals surface area (Å²) in [5, 5.41) is 8.66. The van der Waals surface area contributed by atoms with Gasteiger partial charge in [-0.25, -0.2) is 0 Å². The van der Waals surface area contributed by atoms with Crippen molar-refractivity contribution < 1.29 is 4.74 Å². The van der Waals surface area contributed by atoms with E-state index in [1.807, 2.05) is 0 Å². The van der Waals surface area contributed by atoms with Gasteiger partial charge in [-0.2, -0.15) is 5.26 Å². The molecule has 0 aromatic heterocycles. The second-order valence-corrected chi connectivity index (χ2v) is 4.82. The van der Waals surface area contributed by atoms with E-state index in [2.05, 4.69) is 40.1 Å². The Bertz CT molecular complexity index is 416. The standard InChI is InChI=1S/C15H21N3O/c1-19-13-12-17-8-10-18(11-9-17)15-4-2-14(3-5-15)6-7-16/h2-5H,6,8-13H2,1H3. The van der Waals surface area contributed by atoms with Crippen molar-refractivity contribution >= 4 is 5.69 Å². The van der Waals surface area contributed by atoms with Gasteiger partial charge in [0.15, 0.2) is 0 Å². The first-order valence-corrected chi connectivity index (χ1v) is 6.75. The highest BCUT2D eigenvalue weighted by Gasteiger charge is 2.16. The van der Waals surface area contributed by atoms with Crippen LogP contribution in [-0.4, -0.2) is 51.3 Å². The third-order valence-corrected chi connectivity index (χ3v) is 3.57. The van der Waals surface area contributed by atoms with Gasteiger partial charge >= 0.3 is 0 Å². The molecule has 4 heteroatoms. The SMILES string of the molecule is COCCN1CCN(c2ccc(CC#N)cc2)CC1. The van der Waals surface area contributed by atoms with Crippen molar-refractivity contribution in [2.45, 2.75) is 6.42 Å². The third-order valence-electron chi connectivity index (χ3n) is 3.57. The Morgan fingerprint density at radius 2 is 1.84 bits per heavy atom. The lowest BCUT2D eigenvalue weighted by atomic mass is 10.1. The van der Waals surface area contributed by atoms with Crippen LogP contribution in [0.5, 0.6) is 0 Å². The summed E-state index contributed by atoms with van der Waals surface area (Å²) in [6.45, 7) is 6.11. The second kappa shape index (κ2) is 7.13. The average molecular weight is 259 g/mol. The molecule has 1 heterocycles. The van der Waals surface area contributed by atoms with Gasteiger partial charge in [-0.05, 0) is 17.7 Å². The van der Waals surface area contributed by atoms with Gasteiger partial charge in [0.2, 0.25) is 0 Å². The van der Waals surface area contributed by atoms with Gasteiger partial charge in [-0.15, -0.1) is 0 Å². The summed E-state index contributed by atoms with van der Waals surface area (Å²) in [5.74, 6) is 0. The number of benzene rings is 1. The van der Waals surface area contributed by atoms with Crippen LogP contribution in [0.2, 0.25) is 0 Å². The fourth-order valence-corrected chi connectivity index (χ4v) is 2.37. The van der Waals surface area contributed by atoms with Crippen LogP contribution < -0.4 is 4.90 Å². The Labute approximate surface area is 115 Å². The van der Waals surface area contributed by atoms with Crippen LogP contribution in [0.25, 0.3) is 0 Å². The van der Waals surface area contributed by atoms with E-state index in [0.29, 0.717) is 6.42 Å². The molecule has 1 aromatic carbocycles. The molecule has 4 nitrogen and oxygen atoms in total. The lowest BCUT2D eigenvalue weighted by Gasteiger charge is -2.36. The van der Waals surface area contributed by atoms with Crippen molar-refractivity contribution in [2.75, 3.05) is 51.3 Å². The maximum absolute atomic E-state index is 8.66. The van der Waals surface area contributed by atoms with Gasteiger partial charge < -0.3 is 9.64 Å². The highest BCUT2D eigenvalue weighted by molar-refractivity contribution is 5.48. The number of hydrogen-bond donors (Lipinski definition) is 0. The van der Waals surface area contributed by atoms with E-state index in [4.69, 9.17) is 10.00 Å². The van der Waals surface area contributed by atoms with Gasteiger partial charge in [0.05, 0.1) is 19.1 Å². The van der Waals surface area contributed by atoms with Crippen LogP contribution in [-0.2, 0) is 11.2 Å². The summed E-state index contributed by atoms with van der Waals surface area (Å²) < 4.78 is 5.11. The van der Waals surface area contributed by atoms with Crippen LogP contribution in [0.3, 0.4) is 0 Å². The molecule has 1 fully saturated rings. The minimum atomic E-state index is 0.491. The zero-order valence-electron chi connectivity index (χ0n) is 11.5. The van der Waals surface area contributed by atoms with E-state index in [1.54, 1.807) is 7.11 Å². The summed E-state index contributed by atoms with van der Waals surface area (Å²) in [6, 6.07) is 10.5. The molecule has 0 saturated carbocycles. The highest BCUT2D eigenvalue weighted by atomic mass is 16.5. The van der Waals surface area contributed by atoms with Gasteiger partial charge in [0.25, 0.3) is 0 Å². The van der Waals surface area contributed by atoms with Crippen LogP contribution >= 0.6 is 0 Å². The summed E-state index contributed by atoms with van der Waals surface area (Å²) in [4.78, 5) is 4.84. The Balaban J connectivity index is 1.85. The zero-order valence-corrected chi connectivity index (χ0v) is 11.5. The van der Waals surface area contributed by atoms with E-state index in [1.165, 1.54) is 5.69 Å². The van der Waals surface area contributed by atoms with Crippen molar-refractivity contribution in [3.8, 4) is 6.07 Å². The number of nitrogens with zero attached hydrogens (tertiary/aromatic N) is 3. The first-order chi connectivity index (χ1) is 9.33. The number of hydrogen-bond acceptors (Lipinski definition) is 4. The summed E-state index contributed by atoms with van der Waals surface area (Å²) in [5.41, 5.74) is 2.35. The Morgan fingerprint density at radius 3 is 2.42 bits per heavy atom. The molecule has 0 spiro atoms. The summed E-state index contributed by atoms with van der Waals surface area (Å²) in [6.07, 6.45) is 0.491. The molecule has 1 saturated heterocycles. The van der Waals surface area contributed by atoms with Gasteiger partial charge in [0, 0.05) is 45.5 Å². The van der Waals surface area contributed by atoms with Crippen molar-refractivity contribution in [3.05, 3.63) is 29.8 Å². The molecule has 0 N–H and O–H groups in total. The predicted molar refractivity (Wildman–Crippen MR) is 76.3 cm³/mol. The van der Waals surface area contributed by atoms with Gasteiger partial charge in [0.1, 0.15) is 0 Å². The normalized spacial score (nSPS) is 16.3. The Morgan fingerprint density at radius 1 is 1.16 bits per heavy atom. The number of rotatable bonds is 5. The fraction of sp³-hybridized carbons (Fsp3) is 0.533. The molecule has 2 rings (SSSR count). The lowest BCUT2D eigenvalue weighted by molar-refractivity contribution is 0.144. The number of anilines is 1. The molecule has 0 radical (unpaired) electrons. The largest absolute Gasteiger partial charge is 0.383 e. The van der Waals surface area contributed by atoms with Crippen molar-refractivity contribution in [3.63, 3.8) is 0 Å². The van der Waals surface area contributed by atoms with Crippen LogP contribution in [0.4, 0.5) is 5.69 Å². The van der Waals surface area contributed by atoms with Crippen LogP contribution in [0.15, 0.2) is 24.3 Å². The van der Waals surface area contributed by atoms with E-state index >= 15 is 0 Å². The Kier molecular flexibility index (Phi) is 5.20. The zero-order chi connectivity index (χ0) is 13.5. The number of ether oxygens (including phenoxy) is 1. The maximum Gasteiger partial charge on any atom is 0.0669 e. The first kappa shape index (κ1) is 13.9. The maximum atomic E-state index is 8.66. The fourth-order valence-electron chi connectivity index (χ4n) is 2.37. The van der Waals surface area contributed by atoms with Crippen molar-refractivity contribution in [1.82, 2.24) is 4.90 Å². The molecule has 102 valence electrons. The molecular formula is C15H21N3O. The molecular weight excluding hydrogens is 238 g/mol. The van der Waals surface area contributed by atoms with Gasteiger partial charge in [-0.3, -0.25) is 4.90 Å². The van der Waals surface area contributed by atoms with Crippen LogP contribution in [0, 0.1) is 11.3 Å². The number of methoxy groups -OCH3 is 1. The molecule has 19 heavy (non-hydrogen) atoms. The molecule has 1 aliphatic rings. The smallest absolute Gasteiger partial charge is 0.0669 e. The summed E-state index contributed by atoms with van der Waals surface area (Å²) in [7, 11) is 1.75. The van der Waals surface area contributed by atoms with Crippen LogP contribution in [0.1, 0.15) is 5.56 Å². The lowest BCUT2D eigenvalue weighted by Crippen LogP contribution is -2.47. The molecule has 0 unspecified atom stereocenters. The molecule has 1 aromatic rings. The van der Waals surface area contributed by atoms with E-state index < -0.39 is 0 Å². The minimum Gasteiger partial charge on any atom is -0.383 e. The van der Waals surface area contributed by atoms with Crippen molar-refractivity contribution in [1.29, 1.82) is 5.26 Å². The van der Waals surface area contributed by atoms with E-state index in [-0.39, 0.29) is 0 Å². The van der Waals surface area contributed by atoms with Crippen molar-refractivity contribution in [2.24, 2.45) is 0 Å². The molecule has 0 bridgehead atoms. The highest BCUT2D eigenvalue weighted by Crippen LogP contribution is 2.17. The first-order valence-electron chi connectivity index (χ1n) is 6.75. The third kappa shape index (κ3) is 3.95. The molecule has 0 aliphatic carbocycles. The average Bonchev–Trinajstić information content (AvgIpc) is 2.47. The predicted octanol–water partition coefficient (Wildman–Crippen LogP) is 1.52. The Hall–Kier alpha value is -1.57.